The Morgan fingerprint density at radius 3 is 2.34 bits per heavy atom. The molecule has 0 saturated carbocycles. The average molecular weight is 450 g/mol. The van der Waals surface area contributed by atoms with Crippen LogP contribution in [0.15, 0.2) is 78.9 Å². The molecule has 0 aliphatic rings. The van der Waals surface area contributed by atoms with Gasteiger partial charge < -0.3 is 10.6 Å². The van der Waals surface area contributed by atoms with Gasteiger partial charge in [-0.2, -0.15) is 0 Å². The topological polar surface area (TPSA) is 61.4 Å². The molecule has 3 rings (SSSR count). The van der Waals surface area contributed by atoms with E-state index in [0.717, 1.165) is 11.1 Å². The number of hydrogen-bond acceptors (Lipinski definition) is 3. The van der Waals surface area contributed by atoms with E-state index in [2.05, 4.69) is 10.6 Å². The van der Waals surface area contributed by atoms with Crippen LogP contribution in [0.1, 0.15) is 47.4 Å². The number of rotatable bonds is 8. The number of benzene rings is 3. The van der Waals surface area contributed by atoms with E-state index in [4.69, 9.17) is 11.6 Å². The molecule has 0 spiro atoms. The fraction of sp³-hybridized carbons (Fsp3) is 0.231. The molecular weight excluding hydrogens is 422 g/mol. The molecule has 2 amide bonds. The second-order valence-corrected chi connectivity index (χ2v) is 8.25. The molecule has 6 heteroatoms. The lowest BCUT2D eigenvalue weighted by Crippen LogP contribution is -2.37. The van der Waals surface area contributed by atoms with Gasteiger partial charge in [0.1, 0.15) is 0 Å². The summed E-state index contributed by atoms with van der Waals surface area (Å²) < 4.78 is 0. The zero-order valence-corrected chi connectivity index (χ0v) is 19.3. The fourth-order valence-corrected chi connectivity index (χ4v) is 3.78. The summed E-state index contributed by atoms with van der Waals surface area (Å²) in [6.07, 6.45) is 0. The molecule has 2 atom stereocenters. The maximum Gasteiger partial charge on any atom is 0.255 e. The minimum Gasteiger partial charge on any atom is -0.348 e. The SMILES string of the molecule is C[C@@H](NC(=O)CN(C)[C@@H](C)c1cccc(NC(=O)c2ccccc2)c1)c1ccccc1Cl. The normalized spacial score (nSPS) is 12.8. The van der Waals surface area contributed by atoms with E-state index in [1.54, 1.807) is 12.1 Å². The van der Waals surface area contributed by atoms with Gasteiger partial charge in [0.05, 0.1) is 12.6 Å². The van der Waals surface area contributed by atoms with Crippen LogP contribution in [0.3, 0.4) is 0 Å². The van der Waals surface area contributed by atoms with Crippen molar-refractivity contribution >= 4 is 29.1 Å². The van der Waals surface area contributed by atoms with E-state index in [0.29, 0.717) is 16.3 Å². The van der Waals surface area contributed by atoms with Gasteiger partial charge in [-0.05, 0) is 62.4 Å². The molecule has 0 aliphatic carbocycles. The van der Waals surface area contributed by atoms with Gasteiger partial charge in [0.25, 0.3) is 5.91 Å². The molecule has 166 valence electrons. The fourth-order valence-electron chi connectivity index (χ4n) is 3.48. The second kappa shape index (κ2) is 10.9. The van der Waals surface area contributed by atoms with Crippen molar-refractivity contribution < 1.29 is 9.59 Å². The van der Waals surface area contributed by atoms with E-state index in [1.165, 1.54) is 0 Å². The van der Waals surface area contributed by atoms with E-state index < -0.39 is 0 Å². The number of amides is 2. The number of anilines is 1. The van der Waals surface area contributed by atoms with Crippen molar-refractivity contribution in [3.63, 3.8) is 0 Å². The molecule has 3 aromatic rings. The highest BCUT2D eigenvalue weighted by atomic mass is 35.5. The molecule has 0 radical (unpaired) electrons. The van der Waals surface area contributed by atoms with Crippen molar-refractivity contribution in [1.29, 1.82) is 0 Å². The maximum absolute atomic E-state index is 12.6. The summed E-state index contributed by atoms with van der Waals surface area (Å²) in [6, 6.07) is 24.1. The Labute approximate surface area is 194 Å². The number of hydrogen-bond donors (Lipinski definition) is 2. The molecule has 0 unspecified atom stereocenters. The summed E-state index contributed by atoms with van der Waals surface area (Å²) in [6.45, 7) is 4.18. The third-order valence-corrected chi connectivity index (χ3v) is 5.81. The largest absolute Gasteiger partial charge is 0.348 e. The van der Waals surface area contributed by atoms with E-state index in [-0.39, 0.29) is 30.4 Å². The van der Waals surface area contributed by atoms with Crippen molar-refractivity contribution in [3.8, 4) is 0 Å². The molecular formula is C26H28ClN3O2. The number of carbonyl (C=O) groups is 2. The molecule has 0 heterocycles. The quantitative estimate of drug-likeness (QED) is 0.479. The number of carbonyl (C=O) groups excluding carboxylic acids is 2. The smallest absolute Gasteiger partial charge is 0.255 e. The molecule has 3 aromatic carbocycles. The van der Waals surface area contributed by atoms with Crippen LogP contribution in [0.2, 0.25) is 5.02 Å². The Morgan fingerprint density at radius 2 is 1.62 bits per heavy atom. The van der Waals surface area contributed by atoms with Gasteiger partial charge in [0, 0.05) is 22.3 Å². The third-order valence-electron chi connectivity index (χ3n) is 5.47. The summed E-state index contributed by atoms with van der Waals surface area (Å²) in [4.78, 5) is 27.0. The number of nitrogens with zero attached hydrogens (tertiary/aromatic N) is 1. The standard InChI is InChI=1S/C26H28ClN3O2/c1-18(23-14-7-8-15-24(23)27)28-25(31)17-30(3)19(2)21-12-9-13-22(16-21)29-26(32)20-10-5-4-6-11-20/h4-16,18-19H,17H2,1-3H3,(H,28,31)(H,29,32)/t18-,19+/m1/s1. The summed E-state index contributed by atoms with van der Waals surface area (Å²) in [5, 5.41) is 6.58. The molecule has 0 aromatic heterocycles. The Morgan fingerprint density at radius 1 is 0.938 bits per heavy atom. The van der Waals surface area contributed by atoms with Gasteiger partial charge in [-0.15, -0.1) is 0 Å². The van der Waals surface area contributed by atoms with Crippen molar-refractivity contribution in [2.45, 2.75) is 25.9 Å². The van der Waals surface area contributed by atoms with Crippen LogP contribution in [-0.2, 0) is 4.79 Å². The van der Waals surface area contributed by atoms with Gasteiger partial charge in [-0.25, -0.2) is 0 Å². The van der Waals surface area contributed by atoms with E-state index >= 15 is 0 Å². The highest BCUT2D eigenvalue weighted by Gasteiger charge is 2.18. The molecule has 0 saturated heterocycles. The zero-order valence-electron chi connectivity index (χ0n) is 18.5. The molecule has 0 aliphatic heterocycles. The highest BCUT2D eigenvalue weighted by Crippen LogP contribution is 2.24. The first kappa shape index (κ1) is 23.5. The van der Waals surface area contributed by atoms with Gasteiger partial charge in [0.2, 0.25) is 5.91 Å². The van der Waals surface area contributed by atoms with Crippen LogP contribution in [0, 0.1) is 0 Å². The number of halogens is 1. The van der Waals surface area contributed by atoms with Crippen molar-refractivity contribution in [2.75, 3.05) is 18.9 Å². The first-order chi connectivity index (χ1) is 15.3. The van der Waals surface area contributed by atoms with Crippen molar-refractivity contribution in [2.24, 2.45) is 0 Å². The third kappa shape index (κ3) is 6.19. The lowest BCUT2D eigenvalue weighted by molar-refractivity contribution is -0.123. The lowest BCUT2D eigenvalue weighted by Gasteiger charge is -2.26. The Bertz CT molecular complexity index is 1070. The first-order valence-corrected chi connectivity index (χ1v) is 10.9. The molecule has 2 N–H and O–H groups in total. The lowest BCUT2D eigenvalue weighted by atomic mass is 10.1. The first-order valence-electron chi connectivity index (χ1n) is 10.6. The van der Waals surface area contributed by atoms with Crippen molar-refractivity contribution in [1.82, 2.24) is 10.2 Å². The van der Waals surface area contributed by atoms with Gasteiger partial charge in [-0.1, -0.05) is 60.1 Å². The highest BCUT2D eigenvalue weighted by molar-refractivity contribution is 6.31. The van der Waals surface area contributed by atoms with Crippen LogP contribution in [0.5, 0.6) is 0 Å². The van der Waals surface area contributed by atoms with Gasteiger partial charge in [-0.3, -0.25) is 14.5 Å². The Hall–Kier alpha value is -3.15. The average Bonchev–Trinajstić information content (AvgIpc) is 2.79. The molecule has 5 nitrogen and oxygen atoms in total. The molecule has 0 bridgehead atoms. The predicted octanol–water partition coefficient (Wildman–Crippen LogP) is 5.46. The second-order valence-electron chi connectivity index (χ2n) is 7.85. The zero-order chi connectivity index (χ0) is 23.1. The summed E-state index contributed by atoms with van der Waals surface area (Å²) in [7, 11) is 1.90. The number of likely N-dealkylation sites (N-methyl/N-ethyl adjacent to an activating group) is 1. The van der Waals surface area contributed by atoms with Gasteiger partial charge >= 0.3 is 0 Å². The Kier molecular flexibility index (Phi) is 8.03. The van der Waals surface area contributed by atoms with Gasteiger partial charge in [0.15, 0.2) is 0 Å². The monoisotopic (exact) mass is 449 g/mol. The van der Waals surface area contributed by atoms with E-state index in [1.807, 2.05) is 92.5 Å². The predicted molar refractivity (Wildman–Crippen MR) is 130 cm³/mol. The Balaban J connectivity index is 1.60. The summed E-state index contributed by atoms with van der Waals surface area (Å²) >= 11 is 6.24. The van der Waals surface area contributed by atoms with Crippen LogP contribution in [0.25, 0.3) is 0 Å². The van der Waals surface area contributed by atoms with Crippen LogP contribution in [-0.4, -0.2) is 30.3 Å². The maximum atomic E-state index is 12.6. The minimum atomic E-state index is -0.184. The molecule has 0 fully saturated rings. The van der Waals surface area contributed by atoms with Crippen LogP contribution >= 0.6 is 11.6 Å². The van der Waals surface area contributed by atoms with Crippen LogP contribution in [0.4, 0.5) is 5.69 Å². The minimum absolute atomic E-state index is 0.0232. The summed E-state index contributed by atoms with van der Waals surface area (Å²) in [5.41, 5.74) is 3.21. The summed E-state index contributed by atoms with van der Waals surface area (Å²) in [5.74, 6) is -0.239. The molecule has 32 heavy (non-hydrogen) atoms. The van der Waals surface area contributed by atoms with Crippen molar-refractivity contribution in [3.05, 3.63) is 101 Å². The number of nitrogens with one attached hydrogen (secondary N) is 2. The van der Waals surface area contributed by atoms with E-state index in [9.17, 15) is 9.59 Å². The van der Waals surface area contributed by atoms with Crippen LogP contribution < -0.4 is 10.6 Å².